The second-order valence-corrected chi connectivity index (χ2v) is 8.29. The summed E-state index contributed by atoms with van der Waals surface area (Å²) in [5.74, 6) is 1.33. The van der Waals surface area contributed by atoms with Crippen molar-refractivity contribution < 1.29 is 9.53 Å². The molecule has 8 heteroatoms. The van der Waals surface area contributed by atoms with Gasteiger partial charge >= 0.3 is 0 Å². The molecular weight excluding hydrogens is 404 g/mol. The average molecular weight is 428 g/mol. The zero-order valence-electron chi connectivity index (χ0n) is 17.9. The van der Waals surface area contributed by atoms with Gasteiger partial charge in [-0.15, -0.1) is 0 Å². The predicted octanol–water partition coefficient (Wildman–Crippen LogP) is 3.10. The summed E-state index contributed by atoms with van der Waals surface area (Å²) in [4.78, 5) is 28.3. The molecule has 0 radical (unpaired) electrons. The van der Waals surface area contributed by atoms with Crippen molar-refractivity contribution in [1.82, 2.24) is 9.97 Å². The van der Waals surface area contributed by atoms with Crippen LogP contribution in [-0.4, -0.2) is 55.3 Å². The third kappa shape index (κ3) is 3.06. The smallest absolute Gasteiger partial charge is 0.250 e. The monoisotopic (exact) mass is 428 g/mol. The Morgan fingerprint density at radius 1 is 1.03 bits per heavy atom. The number of fused-ring (bicyclic) bond motifs is 5. The SMILES string of the molecule is CN1C(=O)C2Cc3ccccc3N2c2nc(Nc3ccc(N4CCOCC4)cc3)ncc21. The topological polar surface area (TPSA) is 73.8 Å². The first-order valence-corrected chi connectivity index (χ1v) is 10.9. The molecule has 0 spiro atoms. The van der Waals surface area contributed by atoms with Gasteiger partial charge in [0.25, 0.3) is 0 Å². The number of rotatable bonds is 3. The second-order valence-electron chi connectivity index (χ2n) is 8.29. The molecule has 1 N–H and O–H groups in total. The largest absolute Gasteiger partial charge is 0.378 e. The third-order valence-electron chi connectivity index (χ3n) is 6.43. The van der Waals surface area contributed by atoms with Crippen LogP contribution in [0.25, 0.3) is 0 Å². The molecule has 3 aromatic rings. The second kappa shape index (κ2) is 7.49. The summed E-state index contributed by atoms with van der Waals surface area (Å²) in [6, 6.07) is 16.2. The molecule has 1 saturated heterocycles. The molecule has 1 atom stereocenters. The standard InChI is InChI=1S/C24H24N6O2/c1-28-21-15-25-24(26-17-6-8-18(9-7-17)29-10-12-32-13-11-29)27-22(21)30-19-5-3-2-4-16(19)14-20(30)23(28)31/h2-9,15,20H,10-14H2,1H3,(H,25,26,27). The van der Waals surface area contributed by atoms with Crippen molar-refractivity contribution in [1.29, 1.82) is 0 Å². The maximum absolute atomic E-state index is 13.0. The van der Waals surface area contributed by atoms with Crippen LogP contribution in [0.15, 0.2) is 54.7 Å². The number of ether oxygens (including phenoxy) is 1. The zero-order valence-corrected chi connectivity index (χ0v) is 17.9. The van der Waals surface area contributed by atoms with Crippen molar-refractivity contribution in [2.45, 2.75) is 12.5 Å². The van der Waals surface area contributed by atoms with Gasteiger partial charge in [-0.25, -0.2) is 4.98 Å². The van der Waals surface area contributed by atoms with E-state index in [-0.39, 0.29) is 11.9 Å². The van der Waals surface area contributed by atoms with E-state index in [4.69, 9.17) is 9.72 Å². The lowest BCUT2D eigenvalue weighted by Crippen LogP contribution is -2.49. The van der Waals surface area contributed by atoms with Gasteiger partial charge in [0.15, 0.2) is 5.82 Å². The quantitative estimate of drug-likeness (QED) is 0.687. The van der Waals surface area contributed by atoms with E-state index in [1.165, 1.54) is 11.3 Å². The highest BCUT2D eigenvalue weighted by Gasteiger charge is 2.43. The van der Waals surface area contributed by atoms with E-state index in [1.807, 2.05) is 24.3 Å². The lowest BCUT2D eigenvalue weighted by atomic mass is 10.1. The lowest BCUT2D eigenvalue weighted by molar-refractivity contribution is -0.119. The van der Waals surface area contributed by atoms with Gasteiger partial charge in [-0.3, -0.25) is 4.79 Å². The fraction of sp³-hybridized carbons (Fsp3) is 0.292. The third-order valence-corrected chi connectivity index (χ3v) is 6.43. The molecule has 1 unspecified atom stereocenters. The Bertz CT molecular complexity index is 1180. The fourth-order valence-corrected chi connectivity index (χ4v) is 4.73. The van der Waals surface area contributed by atoms with Crippen LogP contribution >= 0.6 is 0 Å². The van der Waals surface area contributed by atoms with Gasteiger partial charge in [-0.05, 0) is 35.9 Å². The van der Waals surface area contributed by atoms with Crippen molar-refractivity contribution in [3.8, 4) is 0 Å². The summed E-state index contributed by atoms with van der Waals surface area (Å²) in [5.41, 5.74) is 5.03. The summed E-state index contributed by atoms with van der Waals surface area (Å²) < 4.78 is 5.44. The van der Waals surface area contributed by atoms with Gasteiger partial charge in [-0.2, -0.15) is 4.98 Å². The summed E-state index contributed by atoms with van der Waals surface area (Å²) in [5, 5.41) is 3.32. The number of amides is 1. The number of nitrogens with zero attached hydrogens (tertiary/aromatic N) is 5. The van der Waals surface area contributed by atoms with E-state index in [9.17, 15) is 4.79 Å². The Morgan fingerprint density at radius 2 is 1.81 bits per heavy atom. The van der Waals surface area contributed by atoms with Crippen LogP contribution in [0.3, 0.4) is 0 Å². The van der Waals surface area contributed by atoms with Gasteiger partial charge in [0.2, 0.25) is 11.9 Å². The number of hydrogen-bond donors (Lipinski definition) is 1. The summed E-state index contributed by atoms with van der Waals surface area (Å²) in [6.07, 6.45) is 2.41. The number of carbonyl (C=O) groups is 1. The maximum Gasteiger partial charge on any atom is 0.250 e. The number of benzene rings is 2. The minimum absolute atomic E-state index is 0.0664. The molecule has 0 bridgehead atoms. The first-order valence-electron chi connectivity index (χ1n) is 10.9. The lowest BCUT2D eigenvalue weighted by Gasteiger charge is -2.36. The van der Waals surface area contributed by atoms with Gasteiger partial charge in [0, 0.05) is 43.6 Å². The molecule has 3 aliphatic rings. The van der Waals surface area contributed by atoms with E-state index in [0.717, 1.165) is 49.2 Å². The van der Waals surface area contributed by atoms with Crippen molar-refractivity contribution in [3.63, 3.8) is 0 Å². The van der Waals surface area contributed by atoms with Gasteiger partial charge < -0.3 is 24.8 Å². The number of aromatic nitrogens is 2. The minimum atomic E-state index is -0.263. The molecule has 1 amide bonds. The molecule has 4 heterocycles. The van der Waals surface area contributed by atoms with Crippen LogP contribution in [0.5, 0.6) is 0 Å². The Kier molecular flexibility index (Phi) is 4.46. The molecule has 1 aromatic heterocycles. The molecule has 0 saturated carbocycles. The van der Waals surface area contributed by atoms with E-state index in [0.29, 0.717) is 12.4 Å². The van der Waals surface area contributed by atoms with Crippen molar-refractivity contribution in [2.24, 2.45) is 0 Å². The minimum Gasteiger partial charge on any atom is -0.378 e. The van der Waals surface area contributed by atoms with Crippen LogP contribution in [0, 0.1) is 0 Å². The normalized spacial score (nSPS) is 19.5. The van der Waals surface area contributed by atoms with E-state index < -0.39 is 0 Å². The van der Waals surface area contributed by atoms with Crippen LogP contribution in [0.2, 0.25) is 0 Å². The summed E-state index contributed by atoms with van der Waals surface area (Å²) in [6.45, 7) is 3.35. The molecule has 6 rings (SSSR count). The van der Waals surface area contributed by atoms with Crippen molar-refractivity contribution >= 4 is 40.4 Å². The molecule has 8 nitrogen and oxygen atoms in total. The highest BCUT2D eigenvalue weighted by molar-refractivity contribution is 6.07. The maximum atomic E-state index is 13.0. The molecule has 162 valence electrons. The number of carbonyl (C=O) groups excluding carboxylic acids is 1. The Morgan fingerprint density at radius 3 is 2.62 bits per heavy atom. The van der Waals surface area contributed by atoms with Gasteiger partial charge in [0.05, 0.1) is 19.4 Å². The van der Waals surface area contributed by atoms with Gasteiger partial charge in [0.1, 0.15) is 11.7 Å². The van der Waals surface area contributed by atoms with Crippen LogP contribution in [0.1, 0.15) is 5.56 Å². The first-order chi connectivity index (χ1) is 15.7. The molecule has 2 aromatic carbocycles. The Labute approximate surface area is 186 Å². The number of nitrogens with one attached hydrogen (secondary N) is 1. The number of morpholine rings is 1. The zero-order chi connectivity index (χ0) is 21.7. The average Bonchev–Trinajstić information content (AvgIpc) is 3.24. The predicted molar refractivity (Wildman–Crippen MR) is 124 cm³/mol. The molecule has 32 heavy (non-hydrogen) atoms. The fourth-order valence-electron chi connectivity index (χ4n) is 4.73. The highest BCUT2D eigenvalue weighted by Crippen LogP contribution is 2.45. The van der Waals surface area contributed by atoms with E-state index in [1.54, 1.807) is 18.1 Å². The van der Waals surface area contributed by atoms with Crippen LogP contribution < -0.4 is 20.0 Å². The number of hydrogen-bond acceptors (Lipinski definition) is 7. The molecular formula is C24H24N6O2. The van der Waals surface area contributed by atoms with Crippen LogP contribution in [-0.2, 0) is 16.0 Å². The summed E-state index contributed by atoms with van der Waals surface area (Å²) in [7, 11) is 1.79. The molecule has 3 aliphatic heterocycles. The number of anilines is 6. The highest BCUT2D eigenvalue weighted by atomic mass is 16.5. The van der Waals surface area contributed by atoms with Crippen molar-refractivity contribution in [2.75, 3.05) is 53.4 Å². The Balaban J connectivity index is 1.30. The molecule has 1 fully saturated rings. The Hall–Kier alpha value is -3.65. The van der Waals surface area contributed by atoms with E-state index >= 15 is 0 Å². The van der Waals surface area contributed by atoms with Gasteiger partial charge in [-0.1, -0.05) is 18.2 Å². The van der Waals surface area contributed by atoms with Crippen LogP contribution in [0.4, 0.5) is 34.5 Å². The van der Waals surface area contributed by atoms with E-state index in [2.05, 4.69) is 44.4 Å². The van der Waals surface area contributed by atoms with Crippen molar-refractivity contribution in [3.05, 3.63) is 60.3 Å². The number of para-hydroxylation sites is 1. The first kappa shape index (κ1) is 19.1. The summed E-state index contributed by atoms with van der Waals surface area (Å²) >= 11 is 0. The number of likely N-dealkylation sites (N-methyl/N-ethyl adjacent to an activating group) is 1. The molecule has 0 aliphatic carbocycles.